The molecule has 2 N–H and O–H groups in total. The highest BCUT2D eigenvalue weighted by Crippen LogP contribution is 2.31. The van der Waals surface area contributed by atoms with Crippen LogP contribution in [0.4, 0.5) is 16.5 Å². The minimum atomic E-state index is -3.72. The summed E-state index contributed by atoms with van der Waals surface area (Å²) in [6, 6.07) is 12.3. The average Bonchev–Trinajstić information content (AvgIpc) is 3.55. The summed E-state index contributed by atoms with van der Waals surface area (Å²) >= 11 is 7.14. The van der Waals surface area contributed by atoms with Crippen molar-refractivity contribution in [2.45, 2.75) is 43.2 Å². The third-order valence-corrected chi connectivity index (χ3v) is 8.97. The molecular weight excluding hydrogens is 520 g/mol. The summed E-state index contributed by atoms with van der Waals surface area (Å²) in [7, 11) is -3.72. The molecule has 0 aliphatic carbocycles. The van der Waals surface area contributed by atoms with Gasteiger partial charge in [-0.05, 0) is 74.2 Å². The smallest absolute Gasteiger partial charge is 0.263 e. The van der Waals surface area contributed by atoms with Crippen LogP contribution < -0.4 is 19.8 Å². The van der Waals surface area contributed by atoms with E-state index < -0.39 is 10.0 Å². The van der Waals surface area contributed by atoms with E-state index in [0.29, 0.717) is 6.54 Å². The molecule has 0 unspecified atom stereocenters. The molecule has 1 saturated heterocycles. The van der Waals surface area contributed by atoms with Gasteiger partial charge in [-0.25, -0.2) is 13.4 Å². The summed E-state index contributed by atoms with van der Waals surface area (Å²) < 4.78 is 31.3. The van der Waals surface area contributed by atoms with Crippen LogP contribution in [0.3, 0.4) is 0 Å². The zero-order chi connectivity index (χ0) is 25.3. The second kappa shape index (κ2) is 10.2. The van der Waals surface area contributed by atoms with Crippen molar-refractivity contribution in [1.29, 1.82) is 0 Å². The van der Waals surface area contributed by atoms with Crippen LogP contribution in [0.15, 0.2) is 53.7 Å². The molecule has 3 aromatic rings. The van der Waals surface area contributed by atoms with Crippen LogP contribution in [0.1, 0.15) is 25.3 Å². The number of fused-ring (bicyclic) bond motifs is 1. The zero-order valence-corrected chi connectivity index (χ0v) is 22.1. The number of aromatic nitrogens is 2. The Morgan fingerprint density at radius 3 is 2.75 bits per heavy atom. The number of carbonyl (C=O) groups excluding carboxylic acids is 1. The van der Waals surface area contributed by atoms with Crippen LogP contribution in [-0.2, 0) is 21.2 Å². The number of amides is 1. The summed E-state index contributed by atoms with van der Waals surface area (Å²) in [5.41, 5.74) is 3.18. The number of hydrogen-bond acceptors (Lipinski definition) is 8. The van der Waals surface area contributed by atoms with Crippen molar-refractivity contribution in [3.8, 4) is 0 Å². The number of sulfonamides is 1. The highest BCUT2D eigenvalue weighted by Gasteiger charge is 2.30. The number of carbonyl (C=O) groups is 1. The largest absolute Gasteiger partial charge is 0.369 e. The van der Waals surface area contributed by atoms with Crippen LogP contribution >= 0.6 is 23.1 Å². The van der Waals surface area contributed by atoms with Crippen LogP contribution in [-0.4, -0.2) is 55.4 Å². The molecule has 1 amide bonds. The van der Waals surface area contributed by atoms with Crippen molar-refractivity contribution in [2.24, 2.45) is 0 Å². The van der Waals surface area contributed by atoms with Gasteiger partial charge in [-0.1, -0.05) is 11.6 Å². The molecule has 2 aliphatic rings. The summed E-state index contributed by atoms with van der Waals surface area (Å²) in [6.45, 7) is 4.23. The maximum Gasteiger partial charge on any atom is 0.263 e. The van der Waals surface area contributed by atoms with E-state index in [1.54, 1.807) is 24.3 Å². The van der Waals surface area contributed by atoms with E-state index in [2.05, 4.69) is 29.2 Å². The molecule has 2 aliphatic heterocycles. The van der Waals surface area contributed by atoms with Crippen molar-refractivity contribution in [2.75, 3.05) is 34.2 Å². The standard InChI is InChI=1S/C24H27ClN6O3S2/c1-16(31-11-2-3-17-13-18(25)4-9-22(17)31)23(32)28-19-10-12-30(14-19)20-5-7-21(8-6-20)36(33,34)29-24-26-15-27-35-24/h4-9,13,15-16,19H,2-3,10-12,14H2,1H3,(H,28,32)(H,26,27,29)/t16-,19+/m1/s1. The molecule has 0 radical (unpaired) electrons. The first-order chi connectivity index (χ1) is 17.3. The second-order valence-corrected chi connectivity index (χ2v) is 11.9. The van der Waals surface area contributed by atoms with Gasteiger partial charge < -0.3 is 15.1 Å². The van der Waals surface area contributed by atoms with Gasteiger partial charge in [-0.2, -0.15) is 4.37 Å². The fourth-order valence-corrected chi connectivity index (χ4v) is 6.66. The Morgan fingerprint density at radius 2 is 2.00 bits per heavy atom. The van der Waals surface area contributed by atoms with E-state index in [0.717, 1.165) is 60.3 Å². The molecule has 190 valence electrons. The SMILES string of the molecule is C[C@H](C(=O)N[C@H]1CCN(c2ccc(S(=O)(=O)Nc3ncns3)cc2)C1)N1CCCc2cc(Cl)ccc21. The molecule has 0 bridgehead atoms. The predicted molar refractivity (Wildman–Crippen MR) is 143 cm³/mol. The number of anilines is 3. The maximum atomic E-state index is 13.1. The van der Waals surface area contributed by atoms with Crippen LogP contribution in [0.25, 0.3) is 0 Å². The van der Waals surface area contributed by atoms with Gasteiger partial charge in [0.05, 0.1) is 4.90 Å². The molecule has 36 heavy (non-hydrogen) atoms. The number of aryl methyl sites for hydroxylation is 1. The number of rotatable bonds is 7. The van der Waals surface area contributed by atoms with Crippen molar-refractivity contribution in [3.05, 3.63) is 59.4 Å². The van der Waals surface area contributed by atoms with E-state index in [-0.39, 0.29) is 28.0 Å². The van der Waals surface area contributed by atoms with E-state index in [1.807, 2.05) is 25.1 Å². The topological polar surface area (TPSA) is 108 Å². The summed E-state index contributed by atoms with van der Waals surface area (Å²) in [6.07, 6.45) is 4.08. The normalized spacial score (nSPS) is 18.6. The van der Waals surface area contributed by atoms with Gasteiger partial charge in [-0.15, -0.1) is 0 Å². The summed E-state index contributed by atoms with van der Waals surface area (Å²) in [5.74, 6) is 0.00819. The molecule has 1 aromatic heterocycles. The van der Waals surface area contributed by atoms with Gasteiger partial charge in [0.15, 0.2) is 0 Å². The molecule has 0 spiro atoms. The lowest BCUT2D eigenvalue weighted by atomic mass is 10.00. The Kier molecular flexibility index (Phi) is 7.05. The molecule has 2 aromatic carbocycles. The molecule has 1 fully saturated rings. The Labute approximate surface area is 219 Å². The van der Waals surface area contributed by atoms with Crippen molar-refractivity contribution in [3.63, 3.8) is 0 Å². The zero-order valence-electron chi connectivity index (χ0n) is 19.7. The first-order valence-electron chi connectivity index (χ1n) is 11.8. The van der Waals surface area contributed by atoms with Gasteiger partial charge in [0, 0.05) is 53.6 Å². The third kappa shape index (κ3) is 5.28. The molecule has 2 atom stereocenters. The number of halogens is 1. The van der Waals surface area contributed by atoms with Crippen molar-refractivity contribution < 1.29 is 13.2 Å². The lowest BCUT2D eigenvalue weighted by Crippen LogP contribution is -2.50. The second-order valence-electron chi connectivity index (χ2n) is 9.03. The van der Waals surface area contributed by atoms with E-state index in [9.17, 15) is 13.2 Å². The highest BCUT2D eigenvalue weighted by molar-refractivity contribution is 7.93. The minimum Gasteiger partial charge on any atom is -0.369 e. The summed E-state index contributed by atoms with van der Waals surface area (Å²) in [5, 5.41) is 4.16. The fourth-order valence-electron chi connectivity index (χ4n) is 4.80. The summed E-state index contributed by atoms with van der Waals surface area (Å²) in [4.78, 5) is 21.5. The van der Waals surface area contributed by atoms with Gasteiger partial charge in [0.25, 0.3) is 10.0 Å². The van der Waals surface area contributed by atoms with Gasteiger partial charge in [0.2, 0.25) is 11.0 Å². The first-order valence-corrected chi connectivity index (χ1v) is 14.4. The first kappa shape index (κ1) is 24.8. The minimum absolute atomic E-state index is 0.00819. The monoisotopic (exact) mass is 546 g/mol. The number of nitrogens with zero attached hydrogens (tertiary/aromatic N) is 4. The lowest BCUT2D eigenvalue weighted by molar-refractivity contribution is -0.122. The average molecular weight is 547 g/mol. The van der Waals surface area contributed by atoms with Crippen LogP contribution in [0, 0.1) is 0 Å². The lowest BCUT2D eigenvalue weighted by Gasteiger charge is -2.36. The highest BCUT2D eigenvalue weighted by atomic mass is 35.5. The molecular formula is C24H27ClN6O3S2. The third-order valence-electron chi connectivity index (χ3n) is 6.67. The Hall–Kier alpha value is -2.89. The molecule has 3 heterocycles. The van der Waals surface area contributed by atoms with Gasteiger partial charge in [-0.3, -0.25) is 9.52 Å². The Bertz CT molecular complexity index is 1330. The van der Waals surface area contributed by atoms with Gasteiger partial charge >= 0.3 is 0 Å². The maximum absolute atomic E-state index is 13.1. The predicted octanol–water partition coefficient (Wildman–Crippen LogP) is 3.53. The van der Waals surface area contributed by atoms with Crippen LogP contribution in [0.2, 0.25) is 5.02 Å². The Morgan fingerprint density at radius 1 is 1.19 bits per heavy atom. The number of hydrogen-bond donors (Lipinski definition) is 2. The van der Waals surface area contributed by atoms with E-state index in [1.165, 1.54) is 11.9 Å². The molecule has 9 nitrogen and oxygen atoms in total. The fraction of sp³-hybridized carbons (Fsp3) is 0.375. The molecule has 5 rings (SSSR count). The van der Waals surface area contributed by atoms with Crippen molar-refractivity contribution in [1.82, 2.24) is 14.7 Å². The number of benzene rings is 2. The van der Waals surface area contributed by atoms with Crippen LogP contribution in [0.5, 0.6) is 0 Å². The van der Waals surface area contributed by atoms with E-state index >= 15 is 0 Å². The van der Waals surface area contributed by atoms with Crippen molar-refractivity contribution >= 4 is 55.6 Å². The van der Waals surface area contributed by atoms with Gasteiger partial charge in [0.1, 0.15) is 12.4 Å². The molecule has 0 saturated carbocycles. The number of nitrogens with one attached hydrogen (secondary N) is 2. The molecule has 12 heteroatoms. The van der Waals surface area contributed by atoms with E-state index in [4.69, 9.17) is 11.6 Å². The quantitative estimate of drug-likeness (QED) is 0.467. The Balaban J connectivity index is 1.19.